The van der Waals surface area contributed by atoms with Crippen molar-refractivity contribution in [1.29, 1.82) is 0 Å². The first kappa shape index (κ1) is 13.1. The van der Waals surface area contributed by atoms with Gasteiger partial charge < -0.3 is 20.9 Å². The molecule has 96 valence electrons. The normalized spacial score (nSPS) is 13.4. The third-order valence-electron chi connectivity index (χ3n) is 2.63. The van der Waals surface area contributed by atoms with Crippen LogP contribution in [-0.2, 0) is 6.42 Å². The number of hydrogen-bond donors (Lipinski definition) is 3. The Kier molecular flexibility index (Phi) is 3.72. The van der Waals surface area contributed by atoms with Crippen LogP contribution in [0.5, 0.6) is 5.75 Å². The number of hydrogen-bond acceptors (Lipinski definition) is 3. The minimum Gasteiger partial charge on any atom is -0.492 e. The zero-order valence-corrected chi connectivity index (χ0v) is 11.7. The minimum absolute atomic E-state index is 0.131. The summed E-state index contributed by atoms with van der Waals surface area (Å²) in [6, 6.07) is 1.49. The molecule has 5 nitrogen and oxygen atoms in total. The fraction of sp³-hybridized carbons (Fsp3) is 0.273. The van der Waals surface area contributed by atoms with Gasteiger partial charge in [0.25, 0.3) is 0 Å². The molecule has 0 spiro atoms. The second-order valence-electron chi connectivity index (χ2n) is 3.84. The molecule has 7 heteroatoms. The number of nitrogens with one attached hydrogen (secondary N) is 1. The molecule has 18 heavy (non-hydrogen) atoms. The van der Waals surface area contributed by atoms with E-state index in [0.29, 0.717) is 22.5 Å². The number of anilines is 1. The van der Waals surface area contributed by atoms with Crippen LogP contribution < -0.4 is 15.8 Å². The summed E-state index contributed by atoms with van der Waals surface area (Å²) >= 11 is 8.14. The Morgan fingerprint density at radius 1 is 1.61 bits per heavy atom. The van der Waals surface area contributed by atoms with Crippen LogP contribution in [0.1, 0.15) is 22.3 Å². The van der Waals surface area contributed by atoms with Crippen LogP contribution in [0.15, 0.2) is 10.5 Å². The van der Waals surface area contributed by atoms with Gasteiger partial charge in [-0.05, 0) is 47.1 Å². The van der Waals surface area contributed by atoms with Crippen molar-refractivity contribution in [2.75, 3.05) is 11.9 Å². The number of nitrogens with two attached hydrogens (primary N) is 1. The first-order valence-corrected chi connectivity index (χ1v) is 6.48. The van der Waals surface area contributed by atoms with Gasteiger partial charge in [0.15, 0.2) is 5.11 Å². The van der Waals surface area contributed by atoms with Crippen LogP contribution in [0.4, 0.5) is 5.69 Å². The lowest BCUT2D eigenvalue weighted by Crippen LogP contribution is -2.22. The average Bonchev–Trinajstić information content (AvgIpc) is 2.31. The highest BCUT2D eigenvalue weighted by Crippen LogP contribution is 2.39. The molecule has 0 amide bonds. The Morgan fingerprint density at radius 2 is 2.33 bits per heavy atom. The third kappa shape index (κ3) is 2.41. The summed E-state index contributed by atoms with van der Waals surface area (Å²) in [7, 11) is 0. The molecule has 0 aliphatic carbocycles. The van der Waals surface area contributed by atoms with Crippen molar-refractivity contribution in [2.24, 2.45) is 5.73 Å². The van der Waals surface area contributed by atoms with E-state index in [9.17, 15) is 4.79 Å². The van der Waals surface area contributed by atoms with Gasteiger partial charge in [-0.2, -0.15) is 0 Å². The first-order chi connectivity index (χ1) is 8.50. The number of carboxylic acids is 1. The van der Waals surface area contributed by atoms with Crippen molar-refractivity contribution < 1.29 is 14.6 Å². The SMILES string of the molecule is NC(=S)Nc1c(Br)cc(C(=O)O)c2c1CCCO2. The Bertz CT molecular complexity index is 534. The number of aromatic carboxylic acids is 1. The van der Waals surface area contributed by atoms with Crippen molar-refractivity contribution in [1.82, 2.24) is 0 Å². The number of thiocarbonyl (C=S) groups is 1. The Balaban J connectivity index is 2.61. The van der Waals surface area contributed by atoms with Crippen LogP contribution in [0.25, 0.3) is 0 Å². The van der Waals surface area contributed by atoms with E-state index in [0.717, 1.165) is 18.4 Å². The van der Waals surface area contributed by atoms with Gasteiger partial charge in [-0.25, -0.2) is 4.79 Å². The van der Waals surface area contributed by atoms with E-state index in [1.165, 1.54) is 6.07 Å². The number of ether oxygens (including phenoxy) is 1. The number of carbonyl (C=O) groups is 1. The van der Waals surface area contributed by atoms with E-state index in [2.05, 4.69) is 21.2 Å². The molecule has 0 saturated heterocycles. The number of fused-ring (bicyclic) bond motifs is 1. The molecule has 1 aliphatic heterocycles. The molecule has 4 N–H and O–H groups in total. The summed E-state index contributed by atoms with van der Waals surface area (Å²) in [4.78, 5) is 11.2. The fourth-order valence-corrected chi connectivity index (χ4v) is 2.60. The lowest BCUT2D eigenvalue weighted by atomic mass is 10.00. The number of rotatable bonds is 2. The number of carboxylic acid groups (broad SMARTS) is 1. The lowest BCUT2D eigenvalue weighted by Gasteiger charge is -2.23. The Morgan fingerprint density at radius 3 is 2.94 bits per heavy atom. The summed E-state index contributed by atoms with van der Waals surface area (Å²) in [5.74, 6) is -0.619. The zero-order chi connectivity index (χ0) is 13.3. The highest BCUT2D eigenvalue weighted by Gasteiger charge is 2.24. The fourth-order valence-electron chi connectivity index (χ4n) is 1.93. The van der Waals surface area contributed by atoms with Crippen molar-refractivity contribution in [3.05, 3.63) is 21.7 Å². The predicted molar refractivity (Wildman–Crippen MR) is 75.3 cm³/mol. The number of halogens is 1. The standard InChI is InChI=1S/C11H11BrN2O3S/c12-7-4-6(10(15)16)9-5(2-1-3-17-9)8(7)14-11(13)18/h4H,1-3H2,(H,15,16)(H3,13,14,18). The van der Waals surface area contributed by atoms with Crippen molar-refractivity contribution in [2.45, 2.75) is 12.8 Å². The monoisotopic (exact) mass is 330 g/mol. The van der Waals surface area contributed by atoms with E-state index in [4.69, 9.17) is 27.8 Å². The highest BCUT2D eigenvalue weighted by molar-refractivity contribution is 9.10. The highest BCUT2D eigenvalue weighted by atomic mass is 79.9. The Labute approximate surface area is 117 Å². The topological polar surface area (TPSA) is 84.6 Å². The van der Waals surface area contributed by atoms with Gasteiger partial charge in [-0.15, -0.1) is 0 Å². The molecular formula is C11H11BrN2O3S. The maximum atomic E-state index is 11.2. The van der Waals surface area contributed by atoms with Crippen LogP contribution in [0.3, 0.4) is 0 Å². The maximum absolute atomic E-state index is 11.2. The van der Waals surface area contributed by atoms with E-state index in [1.54, 1.807) is 0 Å². The molecular weight excluding hydrogens is 320 g/mol. The van der Waals surface area contributed by atoms with Gasteiger partial charge in [0, 0.05) is 10.0 Å². The summed E-state index contributed by atoms with van der Waals surface area (Å²) in [5.41, 5.74) is 7.09. The summed E-state index contributed by atoms with van der Waals surface area (Å²) in [5, 5.41) is 12.2. The minimum atomic E-state index is -1.02. The first-order valence-electron chi connectivity index (χ1n) is 5.28. The van der Waals surface area contributed by atoms with Gasteiger partial charge in [-0.1, -0.05) is 0 Å². The third-order valence-corrected chi connectivity index (χ3v) is 3.35. The predicted octanol–water partition coefficient (Wildman–Crippen LogP) is 2.13. The van der Waals surface area contributed by atoms with Crippen LogP contribution in [0.2, 0.25) is 0 Å². The molecule has 0 fully saturated rings. The molecule has 0 aromatic heterocycles. The molecule has 1 aromatic carbocycles. The molecule has 0 radical (unpaired) electrons. The van der Waals surface area contributed by atoms with E-state index < -0.39 is 5.97 Å². The summed E-state index contributed by atoms with van der Waals surface area (Å²) < 4.78 is 6.08. The summed E-state index contributed by atoms with van der Waals surface area (Å²) in [6.45, 7) is 0.515. The molecule has 1 aliphatic rings. The van der Waals surface area contributed by atoms with E-state index >= 15 is 0 Å². The molecule has 1 aromatic rings. The zero-order valence-electron chi connectivity index (χ0n) is 9.33. The summed E-state index contributed by atoms with van der Waals surface area (Å²) in [6.07, 6.45) is 1.55. The molecule has 1 heterocycles. The second kappa shape index (κ2) is 5.11. The van der Waals surface area contributed by atoms with Crippen molar-refractivity contribution in [3.8, 4) is 5.75 Å². The second-order valence-corrected chi connectivity index (χ2v) is 5.13. The Hall–Kier alpha value is -1.34. The van der Waals surface area contributed by atoms with E-state index in [1.807, 2.05) is 0 Å². The largest absolute Gasteiger partial charge is 0.492 e. The average molecular weight is 331 g/mol. The van der Waals surface area contributed by atoms with E-state index in [-0.39, 0.29) is 10.7 Å². The van der Waals surface area contributed by atoms with Crippen molar-refractivity contribution in [3.63, 3.8) is 0 Å². The maximum Gasteiger partial charge on any atom is 0.339 e. The van der Waals surface area contributed by atoms with Gasteiger partial charge in [-0.3, -0.25) is 0 Å². The quantitative estimate of drug-likeness (QED) is 0.720. The molecule has 0 saturated carbocycles. The van der Waals surface area contributed by atoms with Crippen molar-refractivity contribution >= 4 is 44.9 Å². The number of benzene rings is 1. The van der Waals surface area contributed by atoms with Gasteiger partial charge in [0.1, 0.15) is 11.3 Å². The van der Waals surface area contributed by atoms with Crippen LogP contribution >= 0.6 is 28.1 Å². The lowest BCUT2D eigenvalue weighted by molar-refractivity contribution is 0.0691. The van der Waals surface area contributed by atoms with Crippen LogP contribution in [-0.4, -0.2) is 22.8 Å². The van der Waals surface area contributed by atoms with Gasteiger partial charge in [0.2, 0.25) is 0 Å². The van der Waals surface area contributed by atoms with Gasteiger partial charge in [0.05, 0.1) is 12.3 Å². The molecule has 2 rings (SSSR count). The van der Waals surface area contributed by atoms with Crippen LogP contribution in [0, 0.1) is 0 Å². The smallest absolute Gasteiger partial charge is 0.339 e. The van der Waals surface area contributed by atoms with Gasteiger partial charge >= 0.3 is 5.97 Å². The molecule has 0 atom stereocenters. The molecule has 0 bridgehead atoms. The molecule has 0 unspecified atom stereocenters.